The van der Waals surface area contributed by atoms with E-state index in [-0.39, 0.29) is 18.0 Å². The Morgan fingerprint density at radius 3 is 2.34 bits per heavy atom. The number of aromatic amines is 1. The standard InChI is InChI=1S/C18H17F3N4O4/c1-9(2)8-11(26)24-17(18(19,20)21)12-13(22-15(17)28)25(16(29)23-14(12)27)10-6-4-3-5-7-10/h3-7,9H,8H2,1-2H3,(H,22,28)(H,24,26)(H,23,27,29)/t17-/m1/s1. The van der Waals surface area contributed by atoms with Crippen molar-refractivity contribution < 1.29 is 22.8 Å². The highest BCUT2D eigenvalue weighted by Gasteiger charge is 2.68. The first-order valence-corrected chi connectivity index (χ1v) is 8.63. The third-order valence-electron chi connectivity index (χ3n) is 4.42. The lowest BCUT2D eigenvalue weighted by Crippen LogP contribution is -2.62. The minimum Gasteiger partial charge on any atom is -0.330 e. The Kier molecular flexibility index (Phi) is 4.85. The number of H-pyrrole nitrogens is 1. The Morgan fingerprint density at radius 1 is 1.17 bits per heavy atom. The molecule has 29 heavy (non-hydrogen) atoms. The van der Waals surface area contributed by atoms with Crippen LogP contribution in [0.2, 0.25) is 0 Å². The number of hydrogen-bond acceptors (Lipinski definition) is 4. The van der Waals surface area contributed by atoms with Crippen molar-refractivity contribution in [3.63, 3.8) is 0 Å². The molecule has 0 unspecified atom stereocenters. The van der Waals surface area contributed by atoms with Gasteiger partial charge in [-0.1, -0.05) is 32.0 Å². The average Bonchev–Trinajstić information content (AvgIpc) is 2.88. The highest BCUT2D eigenvalue weighted by molar-refractivity contribution is 6.07. The fraction of sp³-hybridized carbons (Fsp3) is 0.333. The van der Waals surface area contributed by atoms with Crippen molar-refractivity contribution in [3.8, 4) is 5.69 Å². The molecule has 0 saturated carbocycles. The molecule has 2 amide bonds. The SMILES string of the molecule is CC(C)CC(=O)N[C@@]1(C(F)(F)F)C(=O)Nc2c1c(=O)[nH]c(=O)n2-c1ccccc1. The van der Waals surface area contributed by atoms with Gasteiger partial charge in [-0.3, -0.25) is 19.4 Å². The van der Waals surface area contributed by atoms with Crippen molar-refractivity contribution in [3.05, 3.63) is 56.7 Å². The van der Waals surface area contributed by atoms with Crippen LogP contribution in [0.4, 0.5) is 19.0 Å². The van der Waals surface area contributed by atoms with E-state index in [1.165, 1.54) is 24.3 Å². The molecule has 2 aromatic rings. The molecule has 2 heterocycles. The number of amides is 2. The maximum absolute atomic E-state index is 14.1. The molecule has 0 fully saturated rings. The number of anilines is 1. The second-order valence-electron chi connectivity index (χ2n) is 7.00. The van der Waals surface area contributed by atoms with Crippen molar-refractivity contribution in [1.82, 2.24) is 14.9 Å². The highest BCUT2D eigenvalue weighted by Crippen LogP contribution is 2.45. The molecular weight excluding hydrogens is 393 g/mol. The van der Waals surface area contributed by atoms with Gasteiger partial charge in [0.2, 0.25) is 11.4 Å². The molecule has 1 atom stereocenters. The van der Waals surface area contributed by atoms with Crippen LogP contribution in [0, 0.1) is 5.92 Å². The molecule has 3 rings (SSSR count). The van der Waals surface area contributed by atoms with Crippen LogP contribution in [0.5, 0.6) is 0 Å². The molecule has 0 radical (unpaired) electrons. The van der Waals surface area contributed by atoms with E-state index in [2.05, 4.69) is 0 Å². The first kappa shape index (κ1) is 20.4. The van der Waals surface area contributed by atoms with Crippen molar-refractivity contribution in [1.29, 1.82) is 0 Å². The maximum atomic E-state index is 14.1. The van der Waals surface area contributed by atoms with E-state index >= 15 is 0 Å². The molecule has 8 nitrogen and oxygen atoms in total. The largest absolute Gasteiger partial charge is 0.425 e. The molecule has 0 spiro atoms. The van der Waals surface area contributed by atoms with Crippen LogP contribution in [0.1, 0.15) is 25.8 Å². The quantitative estimate of drug-likeness (QED) is 0.707. The number of benzene rings is 1. The fourth-order valence-corrected chi connectivity index (χ4v) is 3.23. The van der Waals surface area contributed by atoms with Gasteiger partial charge in [0.25, 0.3) is 11.5 Å². The Bertz CT molecular complexity index is 1090. The van der Waals surface area contributed by atoms with E-state index in [0.29, 0.717) is 0 Å². The third kappa shape index (κ3) is 3.22. The molecule has 11 heteroatoms. The lowest BCUT2D eigenvalue weighted by Gasteiger charge is -2.30. The minimum atomic E-state index is -5.35. The van der Waals surface area contributed by atoms with Gasteiger partial charge in [0, 0.05) is 6.42 Å². The fourth-order valence-electron chi connectivity index (χ4n) is 3.23. The summed E-state index contributed by atoms with van der Waals surface area (Å²) >= 11 is 0. The zero-order valence-electron chi connectivity index (χ0n) is 15.4. The first-order valence-electron chi connectivity index (χ1n) is 8.63. The number of carbonyl (C=O) groups is 2. The van der Waals surface area contributed by atoms with Crippen LogP contribution < -0.4 is 21.9 Å². The Balaban J connectivity index is 2.32. The second-order valence-corrected chi connectivity index (χ2v) is 7.00. The summed E-state index contributed by atoms with van der Waals surface area (Å²) < 4.78 is 43.2. The molecule has 1 aliphatic rings. The number of fused-ring (bicyclic) bond motifs is 1. The van der Waals surface area contributed by atoms with Crippen molar-refractivity contribution >= 4 is 17.6 Å². The monoisotopic (exact) mass is 410 g/mol. The molecular formula is C18H17F3N4O4. The van der Waals surface area contributed by atoms with Gasteiger partial charge < -0.3 is 10.6 Å². The summed E-state index contributed by atoms with van der Waals surface area (Å²) in [6, 6.07) is 7.49. The summed E-state index contributed by atoms with van der Waals surface area (Å²) in [5.41, 5.74) is -7.04. The molecule has 154 valence electrons. The predicted octanol–water partition coefficient (Wildman–Crippen LogP) is 1.40. The van der Waals surface area contributed by atoms with E-state index in [1.54, 1.807) is 25.2 Å². The van der Waals surface area contributed by atoms with Crippen LogP contribution >= 0.6 is 0 Å². The van der Waals surface area contributed by atoms with E-state index in [9.17, 15) is 32.3 Å². The maximum Gasteiger partial charge on any atom is 0.425 e. The number of carbonyl (C=O) groups excluding carboxylic acids is 2. The van der Waals surface area contributed by atoms with Gasteiger partial charge in [-0.05, 0) is 18.1 Å². The number of hydrogen-bond donors (Lipinski definition) is 3. The van der Waals surface area contributed by atoms with Gasteiger partial charge in [0.15, 0.2) is 0 Å². The van der Waals surface area contributed by atoms with E-state index in [1.807, 2.05) is 10.3 Å². The number of aromatic nitrogens is 2. The topological polar surface area (TPSA) is 113 Å². The lowest BCUT2D eigenvalue weighted by atomic mass is 9.91. The second kappa shape index (κ2) is 6.90. The molecule has 1 aromatic heterocycles. The summed E-state index contributed by atoms with van der Waals surface area (Å²) in [7, 11) is 0. The summed E-state index contributed by atoms with van der Waals surface area (Å²) in [6.45, 7) is 3.23. The number of alkyl halides is 3. The Hall–Kier alpha value is -3.37. The predicted molar refractivity (Wildman–Crippen MR) is 96.6 cm³/mol. The summed E-state index contributed by atoms with van der Waals surface area (Å²) in [4.78, 5) is 51.3. The van der Waals surface area contributed by atoms with Crippen LogP contribution in [0.25, 0.3) is 5.69 Å². The zero-order valence-corrected chi connectivity index (χ0v) is 15.4. The van der Waals surface area contributed by atoms with E-state index < -0.39 is 46.2 Å². The van der Waals surface area contributed by atoms with Gasteiger partial charge >= 0.3 is 11.9 Å². The van der Waals surface area contributed by atoms with Crippen LogP contribution in [0.15, 0.2) is 39.9 Å². The summed E-state index contributed by atoms with van der Waals surface area (Å²) in [5.74, 6) is -3.66. The molecule has 0 bridgehead atoms. The van der Waals surface area contributed by atoms with Gasteiger partial charge in [-0.2, -0.15) is 13.2 Å². The van der Waals surface area contributed by atoms with Gasteiger partial charge in [0.05, 0.1) is 5.69 Å². The minimum absolute atomic E-state index is 0.122. The van der Waals surface area contributed by atoms with Crippen molar-refractivity contribution in [2.75, 3.05) is 5.32 Å². The lowest BCUT2D eigenvalue weighted by molar-refractivity contribution is -0.200. The number of nitrogens with zero attached hydrogens (tertiary/aromatic N) is 1. The van der Waals surface area contributed by atoms with E-state index in [0.717, 1.165) is 4.57 Å². The van der Waals surface area contributed by atoms with Gasteiger partial charge in [-0.15, -0.1) is 0 Å². The first-order chi connectivity index (χ1) is 13.5. The molecule has 1 aliphatic heterocycles. The van der Waals surface area contributed by atoms with E-state index in [4.69, 9.17) is 0 Å². The smallest absolute Gasteiger partial charge is 0.330 e. The highest BCUT2D eigenvalue weighted by atomic mass is 19.4. The number of para-hydroxylation sites is 1. The zero-order chi connectivity index (χ0) is 21.6. The normalized spacial score (nSPS) is 18.5. The van der Waals surface area contributed by atoms with Gasteiger partial charge in [-0.25, -0.2) is 9.36 Å². The number of nitrogens with one attached hydrogen (secondary N) is 3. The van der Waals surface area contributed by atoms with Crippen LogP contribution in [-0.2, 0) is 15.1 Å². The number of rotatable bonds is 4. The molecule has 1 aromatic carbocycles. The summed E-state index contributed by atoms with van der Waals surface area (Å²) in [6.07, 6.45) is -5.64. The summed E-state index contributed by atoms with van der Waals surface area (Å²) in [5, 5.41) is 3.67. The molecule has 0 aliphatic carbocycles. The third-order valence-corrected chi connectivity index (χ3v) is 4.42. The Morgan fingerprint density at radius 2 is 1.79 bits per heavy atom. The van der Waals surface area contributed by atoms with Crippen LogP contribution in [0.3, 0.4) is 0 Å². The Labute approximate surface area is 161 Å². The van der Waals surface area contributed by atoms with Crippen molar-refractivity contribution in [2.45, 2.75) is 32.0 Å². The number of halogens is 3. The van der Waals surface area contributed by atoms with Crippen molar-refractivity contribution in [2.24, 2.45) is 5.92 Å². The average molecular weight is 410 g/mol. The van der Waals surface area contributed by atoms with Gasteiger partial charge in [0.1, 0.15) is 11.4 Å². The molecule has 3 N–H and O–H groups in total. The molecule has 0 saturated heterocycles. The van der Waals surface area contributed by atoms with Crippen LogP contribution in [-0.4, -0.2) is 27.5 Å².